The van der Waals surface area contributed by atoms with E-state index in [-0.39, 0.29) is 19.1 Å². The van der Waals surface area contributed by atoms with Crippen LogP contribution in [0.1, 0.15) is 54.1 Å². The lowest BCUT2D eigenvalue weighted by atomic mass is 9.85. The second-order valence-electron chi connectivity index (χ2n) is 6.08. The number of anilines is 1. The van der Waals surface area contributed by atoms with Gasteiger partial charge in [-0.1, -0.05) is 19.3 Å². The smallest absolute Gasteiger partial charge is 0.259 e. The van der Waals surface area contributed by atoms with Gasteiger partial charge in [0.1, 0.15) is 12.4 Å². The van der Waals surface area contributed by atoms with Crippen LogP contribution in [0.2, 0.25) is 0 Å². The largest absolute Gasteiger partial charge is 0.491 e. The normalized spacial score (nSPS) is 15.2. The first-order valence-corrected chi connectivity index (χ1v) is 8.46. The SMILES string of the molecule is O=C(Nc1ccc(OCCO)cc1)c1cn[nH]c1C1CCCCC1. The molecule has 3 rings (SSSR count). The predicted octanol–water partition coefficient (Wildman–Crippen LogP) is 3.08. The molecule has 128 valence electrons. The van der Waals surface area contributed by atoms with Crippen LogP contribution in [-0.4, -0.2) is 34.4 Å². The summed E-state index contributed by atoms with van der Waals surface area (Å²) >= 11 is 0. The number of benzene rings is 1. The molecule has 0 saturated heterocycles. The molecule has 1 aliphatic rings. The van der Waals surface area contributed by atoms with Crippen molar-refractivity contribution >= 4 is 11.6 Å². The van der Waals surface area contributed by atoms with Gasteiger partial charge >= 0.3 is 0 Å². The van der Waals surface area contributed by atoms with E-state index in [4.69, 9.17) is 9.84 Å². The molecule has 3 N–H and O–H groups in total. The molecule has 0 radical (unpaired) electrons. The minimum atomic E-state index is -0.145. The van der Waals surface area contributed by atoms with Crippen molar-refractivity contribution in [2.75, 3.05) is 18.5 Å². The Morgan fingerprint density at radius 1 is 1.25 bits per heavy atom. The van der Waals surface area contributed by atoms with Gasteiger partial charge in [0.05, 0.1) is 24.1 Å². The number of carbonyl (C=O) groups excluding carboxylic acids is 1. The van der Waals surface area contributed by atoms with Crippen molar-refractivity contribution < 1.29 is 14.6 Å². The van der Waals surface area contributed by atoms with Crippen LogP contribution in [0.15, 0.2) is 30.5 Å². The van der Waals surface area contributed by atoms with E-state index >= 15 is 0 Å². The van der Waals surface area contributed by atoms with Gasteiger partial charge in [-0.2, -0.15) is 5.10 Å². The molecule has 0 unspecified atom stereocenters. The molecular weight excluding hydrogens is 306 g/mol. The van der Waals surface area contributed by atoms with E-state index in [0.29, 0.717) is 22.9 Å². The summed E-state index contributed by atoms with van der Waals surface area (Å²) in [5, 5.41) is 18.8. The molecule has 1 aliphatic carbocycles. The second-order valence-corrected chi connectivity index (χ2v) is 6.08. The molecule has 1 aromatic carbocycles. The van der Waals surface area contributed by atoms with Gasteiger partial charge in [-0.15, -0.1) is 0 Å². The first kappa shape index (κ1) is 16.5. The highest BCUT2D eigenvalue weighted by atomic mass is 16.5. The number of nitrogens with zero attached hydrogens (tertiary/aromatic N) is 1. The van der Waals surface area contributed by atoms with Crippen LogP contribution in [-0.2, 0) is 0 Å². The maximum atomic E-state index is 12.6. The van der Waals surface area contributed by atoms with Crippen molar-refractivity contribution in [3.63, 3.8) is 0 Å². The minimum absolute atomic E-state index is 0.0249. The monoisotopic (exact) mass is 329 g/mol. The predicted molar refractivity (Wildman–Crippen MR) is 91.4 cm³/mol. The molecule has 0 bridgehead atoms. The maximum absolute atomic E-state index is 12.6. The molecule has 1 heterocycles. The number of nitrogens with one attached hydrogen (secondary N) is 2. The number of aromatic amines is 1. The Bertz CT molecular complexity index is 660. The Balaban J connectivity index is 1.66. The zero-order chi connectivity index (χ0) is 16.8. The Labute approximate surface area is 141 Å². The van der Waals surface area contributed by atoms with Crippen molar-refractivity contribution in [2.45, 2.75) is 38.0 Å². The topological polar surface area (TPSA) is 87.2 Å². The van der Waals surface area contributed by atoms with Crippen LogP contribution in [0.4, 0.5) is 5.69 Å². The number of H-pyrrole nitrogens is 1. The quantitative estimate of drug-likeness (QED) is 0.760. The van der Waals surface area contributed by atoms with Gasteiger partial charge in [-0.3, -0.25) is 9.89 Å². The number of aliphatic hydroxyl groups excluding tert-OH is 1. The van der Waals surface area contributed by atoms with Crippen LogP contribution < -0.4 is 10.1 Å². The number of rotatable bonds is 6. The summed E-state index contributed by atoms with van der Waals surface area (Å²) in [5.74, 6) is 0.915. The fourth-order valence-corrected chi connectivity index (χ4v) is 3.18. The number of hydrogen-bond donors (Lipinski definition) is 3. The number of hydrogen-bond acceptors (Lipinski definition) is 4. The molecule has 0 atom stereocenters. The van der Waals surface area contributed by atoms with Gasteiger partial charge in [-0.05, 0) is 37.1 Å². The number of ether oxygens (including phenoxy) is 1. The highest BCUT2D eigenvalue weighted by Crippen LogP contribution is 2.33. The average Bonchev–Trinajstić information content (AvgIpc) is 3.12. The Hall–Kier alpha value is -2.34. The molecule has 1 fully saturated rings. The summed E-state index contributed by atoms with van der Waals surface area (Å²) in [6, 6.07) is 7.10. The van der Waals surface area contributed by atoms with Gasteiger partial charge in [0.25, 0.3) is 5.91 Å². The molecule has 0 spiro atoms. The van der Waals surface area contributed by atoms with Gasteiger partial charge < -0.3 is 15.2 Å². The lowest BCUT2D eigenvalue weighted by Gasteiger charge is -2.21. The average molecular weight is 329 g/mol. The van der Waals surface area contributed by atoms with Crippen LogP contribution in [0.3, 0.4) is 0 Å². The third-order valence-corrected chi connectivity index (χ3v) is 4.40. The van der Waals surface area contributed by atoms with E-state index in [1.54, 1.807) is 30.5 Å². The summed E-state index contributed by atoms with van der Waals surface area (Å²) in [7, 11) is 0. The number of carbonyl (C=O) groups is 1. The number of amides is 1. The first-order chi connectivity index (χ1) is 11.8. The fraction of sp³-hybridized carbons (Fsp3) is 0.444. The van der Waals surface area contributed by atoms with E-state index in [2.05, 4.69) is 15.5 Å². The third kappa shape index (κ3) is 3.94. The standard InChI is InChI=1S/C18H23N3O3/c22-10-11-24-15-8-6-14(7-9-15)20-18(23)16-12-19-21-17(16)13-4-2-1-3-5-13/h6-9,12-13,22H,1-5,10-11H2,(H,19,21)(H,20,23). The maximum Gasteiger partial charge on any atom is 0.259 e. The molecule has 6 nitrogen and oxygen atoms in total. The summed E-state index contributed by atoms with van der Waals surface area (Å²) in [6.45, 7) is 0.231. The Morgan fingerprint density at radius 3 is 2.71 bits per heavy atom. The zero-order valence-electron chi connectivity index (χ0n) is 13.6. The summed E-state index contributed by atoms with van der Waals surface area (Å²) < 4.78 is 5.31. The Kier molecular flexibility index (Phi) is 5.48. The highest BCUT2D eigenvalue weighted by Gasteiger charge is 2.23. The molecular formula is C18H23N3O3. The van der Waals surface area contributed by atoms with Crippen LogP contribution in [0, 0.1) is 0 Å². The van der Waals surface area contributed by atoms with Crippen LogP contribution in [0.5, 0.6) is 5.75 Å². The number of aromatic nitrogens is 2. The summed E-state index contributed by atoms with van der Waals surface area (Å²) in [6.07, 6.45) is 7.52. The minimum Gasteiger partial charge on any atom is -0.491 e. The van der Waals surface area contributed by atoms with Gasteiger partial charge in [0.15, 0.2) is 0 Å². The van der Waals surface area contributed by atoms with E-state index in [0.717, 1.165) is 18.5 Å². The van der Waals surface area contributed by atoms with Gasteiger partial charge in [0.2, 0.25) is 0 Å². The molecule has 1 amide bonds. The Morgan fingerprint density at radius 2 is 2.00 bits per heavy atom. The molecule has 1 aromatic heterocycles. The van der Waals surface area contributed by atoms with E-state index < -0.39 is 0 Å². The fourth-order valence-electron chi connectivity index (χ4n) is 3.18. The van der Waals surface area contributed by atoms with Crippen molar-refractivity contribution in [1.29, 1.82) is 0 Å². The molecule has 6 heteroatoms. The third-order valence-electron chi connectivity index (χ3n) is 4.40. The molecule has 0 aliphatic heterocycles. The number of aliphatic hydroxyl groups is 1. The molecule has 1 saturated carbocycles. The lowest BCUT2D eigenvalue weighted by molar-refractivity contribution is 0.102. The molecule has 2 aromatic rings. The summed E-state index contributed by atoms with van der Waals surface area (Å²) in [5.41, 5.74) is 2.28. The highest BCUT2D eigenvalue weighted by molar-refractivity contribution is 6.05. The van der Waals surface area contributed by atoms with Crippen molar-refractivity contribution in [3.05, 3.63) is 41.7 Å². The van der Waals surface area contributed by atoms with Crippen molar-refractivity contribution in [3.8, 4) is 5.75 Å². The second kappa shape index (κ2) is 7.97. The van der Waals surface area contributed by atoms with Gasteiger partial charge in [0, 0.05) is 11.6 Å². The van der Waals surface area contributed by atoms with Gasteiger partial charge in [-0.25, -0.2) is 0 Å². The van der Waals surface area contributed by atoms with E-state index in [1.165, 1.54) is 19.3 Å². The summed E-state index contributed by atoms with van der Waals surface area (Å²) in [4.78, 5) is 12.6. The van der Waals surface area contributed by atoms with E-state index in [1.807, 2.05) is 0 Å². The van der Waals surface area contributed by atoms with Crippen molar-refractivity contribution in [2.24, 2.45) is 0 Å². The first-order valence-electron chi connectivity index (χ1n) is 8.46. The lowest BCUT2D eigenvalue weighted by Crippen LogP contribution is -2.16. The van der Waals surface area contributed by atoms with Crippen LogP contribution >= 0.6 is 0 Å². The zero-order valence-corrected chi connectivity index (χ0v) is 13.6. The molecule has 24 heavy (non-hydrogen) atoms. The van der Waals surface area contributed by atoms with E-state index in [9.17, 15) is 4.79 Å². The van der Waals surface area contributed by atoms with Crippen LogP contribution in [0.25, 0.3) is 0 Å². The van der Waals surface area contributed by atoms with Crippen molar-refractivity contribution in [1.82, 2.24) is 10.2 Å².